The summed E-state index contributed by atoms with van der Waals surface area (Å²) in [5.41, 5.74) is 1.56. The van der Waals surface area contributed by atoms with Gasteiger partial charge in [-0.2, -0.15) is 0 Å². The predicted octanol–water partition coefficient (Wildman–Crippen LogP) is 3.65. The van der Waals surface area contributed by atoms with Gasteiger partial charge in [-0.25, -0.2) is 4.39 Å². The van der Waals surface area contributed by atoms with Crippen LogP contribution >= 0.6 is 0 Å². The largest absolute Gasteiger partial charge is 0.460 e. The van der Waals surface area contributed by atoms with Crippen molar-refractivity contribution in [2.45, 2.75) is 32.4 Å². The van der Waals surface area contributed by atoms with E-state index in [4.69, 9.17) is 4.42 Å². The van der Waals surface area contributed by atoms with Crippen LogP contribution in [0, 0.1) is 12.7 Å². The molecule has 1 aliphatic rings. The van der Waals surface area contributed by atoms with Crippen molar-refractivity contribution in [2.24, 2.45) is 0 Å². The second-order valence-electron chi connectivity index (χ2n) is 4.89. The van der Waals surface area contributed by atoms with E-state index in [2.05, 4.69) is 5.32 Å². The Hall–Kier alpha value is -1.61. The molecule has 2 nitrogen and oxygen atoms in total. The zero-order chi connectivity index (χ0) is 12.5. The number of aryl methyl sites for hydroxylation is 1. The SMILES string of the molecule is Cc1cc(-c2ccc(CNC3CC3)o2)ccc1F. The van der Waals surface area contributed by atoms with Crippen LogP contribution in [0.25, 0.3) is 11.3 Å². The first-order valence-corrected chi connectivity index (χ1v) is 6.31. The summed E-state index contributed by atoms with van der Waals surface area (Å²) in [7, 11) is 0. The number of halogens is 1. The molecule has 1 aromatic heterocycles. The van der Waals surface area contributed by atoms with E-state index in [9.17, 15) is 4.39 Å². The summed E-state index contributed by atoms with van der Waals surface area (Å²) in [4.78, 5) is 0. The number of hydrogen-bond donors (Lipinski definition) is 1. The first kappa shape index (κ1) is 11.5. The standard InChI is InChI=1S/C15H16FNO/c1-10-8-11(2-6-14(10)16)15-7-5-13(18-15)9-17-12-3-4-12/h2,5-8,12,17H,3-4,9H2,1H3. The quantitative estimate of drug-likeness (QED) is 0.889. The van der Waals surface area contributed by atoms with Gasteiger partial charge in [0.2, 0.25) is 0 Å². The molecule has 0 spiro atoms. The minimum absolute atomic E-state index is 0.180. The summed E-state index contributed by atoms with van der Waals surface area (Å²) >= 11 is 0. The van der Waals surface area contributed by atoms with Gasteiger partial charge in [0.15, 0.2) is 0 Å². The maximum atomic E-state index is 13.2. The van der Waals surface area contributed by atoms with Crippen LogP contribution < -0.4 is 5.32 Å². The van der Waals surface area contributed by atoms with E-state index >= 15 is 0 Å². The molecule has 0 atom stereocenters. The fraction of sp³-hybridized carbons (Fsp3) is 0.333. The number of hydrogen-bond acceptors (Lipinski definition) is 2. The molecule has 1 heterocycles. The maximum Gasteiger partial charge on any atom is 0.134 e. The zero-order valence-corrected chi connectivity index (χ0v) is 10.4. The highest BCUT2D eigenvalue weighted by Crippen LogP contribution is 2.25. The molecule has 18 heavy (non-hydrogen) atoms. The first-order chi connectivity index (χ1) is 8.72. The molecule has 0 saturated heterocycles. The highest BCUT2D eigenvalue weighted by Gasteiger charge is 2.20. The van der Waals surface area contributed by atoms with E-state index in [0.717, 1.165) is 23.6 Å². The molecule has 0 aliphatic heterocycles. The Labute approximate surface area is 106 Å². The van der Waals surface area contributed by atoms with Gasteiger partial charge in [-0.3, -0.25) is 0 Å². The molecule has 0 bridgehead atoms. The Balaban J connectivity index is 1.76. The molecule has 1 aromatic carbocycles. The summed E-state index contributed by atoms with van der Waals surface area (Å²) in [6.07, 6.45) is 2.54. The lowest BCUT2D eigenvalue weighted by Crippen LogP contribution is -2.14. The number of benzene rings is 1. The van der Waals surface area contributed by atoms with Crippen LogP contribution in [0.15, 0.2) is 34.7 Å². The van der Waals surface area contributed by atoms with Gasteiger partial charge in [-0.15, -0.1) is 0 Å². The van der Waals surface area contributed by atoms with Crippen molar-refractivity contribution in [3.8, 4) is 11.3 Å². The van der Waals surface area contributed by atoms with Crippen molar-refractivity contribution in [2.75, 3.05) is 0 Å². The number of rotatable bonds is 4. The zero-order valence-electron chi connectivity index (χ0n) is 10.4. The highest BCUT2D eigenvalue weighted by molar-refractivity contribution is 5.58. The smallest absolute Gasteiger partial charge is 0.134 e. The van der Waals surface area contributed by atoms with Crippen molar-refractivity contribution in [1.29, 1.82) is 0 Å². The van der Waals surface area contributed by atoms with Crippen LogP contribution in [0.1, 0.15) is 24.2 Å². The summed E-state index contributed by atoms with van der Waals surface area (Å²) in [6.45, 7) is 2.53. The lowest BCUT2D eigenvalue weighted by Gasteiger charge is -2.01. The second-order valence-corrected chi connectivity index (χ2v) is 4.89. The second kappa shape index (κ2) is 4.58. The van der Waals surface area contributed by atoms with Gasteiger partial charge in [0.25, 0.3) is 0 Å². The minimum atomic E-state index is -0.180. The third-order valence-electron chi connectivity index (χ3n) is 3.25. The van der Waals surface area contributed by atoms with Crippen molar-refractivity contribution in [1.82, 2.24) is 5.32 Å². The van der Waals surface area contributed by atoms with Gasteiger partial charge in [-0.05, 0) is 55.7 Å². The van der Waals surface area contributed by atoms with Gasteiger partial charge < -0.3 is 9.73 Å². The van der Waals surface area contributed by atoms with E-state index in [1.165, 1.54) is 18.9 Å². The highest BCUT2D eigenvalue weighted by atomic mass is 19.1. The Morgan fingerprint density at radius 1 is 1.28 bits per heavy atom. The molecule has 1 N–H and O–H groups in total. The Morgan fingerprint density at radius 3 is 2.83 bits per heavy atom. The van der Waals surface area contributed by atoms with Crippen molar-refractivity contribution in [3.63, 3.8) is 0 Å². The fourth-order valence-corrected chi connectivity index (χ4v) is 1.96. The van der Waals surface area contributed by atoms with E-state index in [0.29, 0.717) is 11.6 Å². The van der Waals surface area contributed by atoms with Gasteiger partial charge in [0.1, 0.15) is 17.3 Å². The first-order valence-electron chi connectivity index (χ1n) is 6.31. The summed E-state index contributed by atoms with van der Waals surface area (Å²) in [6, 6.07) is 9.63. The fourth-order valence-electron chi connectivity index (χ4n) is 1.96. The van der Waals surface area contributed by atoms with Gasteiger partial charge in [0.05, 0.1) is 6.54 Å². The summed E-state index contributed by atoms with van der Waals surface area (Å²) < 4.78 is 19.0. The lowest BCUT2D eigenvalue weighted by molar-refractivity contribution is 0.492. The third-order valence-corrected chi connectivity index (χ3v) is 3.25. The van der Waals surface area contributed by atoms with Crippen molar-refractivity contribution in [3.05, 3.63) is 47.5 Å². The monoisotopic (exact) mass is 245 g/mol. The Kier molecular flexibility index (Phi) is 2.92. The summed E-state index contributed by atoms with van der Waals surface area (Å²) in [5.74, 6) is 1.55. The molecule has 94 valence electrons. The molecule has 3 rings (SSSR count). The molecule has 0 amide bonds. The molecular formula is C15H16FNO. The summed E-state index contributed by atoms with van der Waals surface area (Å²) in [5, 5.41) is 3.40. The van der Waals surface area contributed by atoms with Crippen LogP contribution in [0.5, 0.6) is 0 Å². The van der Waals surface area contributed by atoms with E-state index < -0.39 is 0 Å². The molecule has 3 heteroatoms. The maximum absolute atomic E-state index is 13.2. The molecule has 2 aromatic rings. The van der Waals surface area contributed by atoms with Gasteiger partial charge in [-0.1, -0.05) is 0 Å². The molecule has 1 saturated carbocycles. The van der Waals surface area contributed by atoms with Crippen molar-refractivity contribution >= 4 is 0 Å². The topological polar surface area (TPSA) is 25.2 Å². The van der Waals surface area contributed by atoms with Crippen molar-refractivity contribution < 1.29 is 8.81 Å². The third kappa shape index (κ3) is 2.46. The van der Waals surface area contributed by atoms with E-state index in [1.807, 2.05) is 18.2 Å². The molecular weight excluding hydrogens is 229 g/mol. The molecule has 1 fully saturated rings. The average Bonchev–Trinajstić information content (AvgIpc) is 3.08. The van der Waals surface area contributed by atoms with Gasteiger partial charge in [0, 0.05) is 11.6 Å². The normalized spacial score (nSPS) is 15.0. The average molecular weight is 245 g/mol. The Bertz CT molecular complexity index is 557. The molecule has 0 unspecified atom stereocenters. The predicted molar refractivity (Wildman–Crippen MR) is 68.7 cm³/mol. The van der Waals surface area contributed by atoms with Crippen LogP contribution in [0.3, 0.4) is 0 Å². The van der Waals surface area contributed by atoms with Crippen LogP contribution in [-0.4, -0.2) is 6.04 Å². The van der Waals surface area contributed by atoms with Crippen LogP contribution in [-0.2, 0) is 6.54 Å². The van der Waals surface area contributed by atoms with Crippen LogP contribution in [0.2, 0.25) is 0 Å². The number of nitrogens with one attached hydrogen (secondary N) is 1. The van der Waals surface area contributed by atoms with Gasteiger partial charge >= 0.3 is 0 Å². The Morgan fingerprint density at radius 2 is 2.11 bits per heavy atom. The van der Waals surface area contributed by atoms with Crippen LogP contribution in [0.4, 0.5) is 4.39 Å². The lowest BCUT2D eigenvalue weighted by atomic mass is 10.1. The number of furan rings is 1. The molecule has 1 aliphatic carbocycles. The van der Waals surface area contributed by atoms with E-state index in [-0.39, 0.29) is 5.82 Å². The minimum Gasteiger partial charge on any atom is -0.460 e. The molecule has 0 radical (unpaired) electrons. The van der Waals surface area contributed by atoms with E-state index in [1.54, 1.807) is 13.0 Å².